The van der Waals surface area contributed by atoms with Crippen LogP contribution >= 0.6 is 7.26 Å². The monoisotopic (exact) mass is 140 g/mol. The van der Waals surface area contributed by atoms with Crippen molar-refractivity contribution in [2.45, 2.75) is 48.3 Å². The molecule has 0 aromatic heterocycles. The van der Waals surface area contributed by atoms with Gasteiger partial charge >= 0.3 is 55.6 Å². The molecule has 0 aromatic rings. The Morgan fingerprint density at radius 3 is 1.11 bits per heavy atom. The summed E-state index contributed by atoms with van der Waals surface area (Å²) in [6, 6.07) is 0. The van der Waals surface area contributed by atoms with E-state index >= 15 is 0 Å². The molecular formula is C8H13P. The molecule has 0 nitrogen and oxygen atoms in total. The van der Waals surface area contributed by atoms with Crippen LogP contribution in [0.3, 0.4) is 0 Å². The van der Waals surface area contributed by atoms with Gasteiger partial charge in [-0.3, -0.25) is 0 Å². The summed E-state index contributed by atoms with van der Waals surface area (Å²) in [5.41, 5.74) is 5.56. The number of hydrogen-bond acceptors (Lipinski definition) is 0. The first-order chi connectivity index (χ1) is 4.42. The molecule has 4 aliphatic rings. The molecule has 50 valence electrons. The molecule has 0 radical (unpaired) electrons. The van der Waals surface area contributed by atoms with E-state index in [0.29, 0.717) is 0 Å². The van der Waals surface area contributed by atoms with Gasteiger partial charge < -0.3 is 0 Å². The molecule has 0 bridgehead atoms. The van der Waals surface area contributed by atoms with Crippen LogP contribution in [-0.4, -0.2) is 22.6 Å². The molecule has 0 saturated carbocycles. The molecule has 4 saturated heterocycles. The van der Waals surface area contributed by atoms with Crippen LogP contribution in [0, 0.1) is 0 Å². The Morgan fingerprint density at radius 1 is 0.667 bits per heavy atom. The van der Waals surface area contributed by atoms with Crippen LogP contribution in [0.4, 0.5) is 0 Å². The van der Waals surface area contributed by atoms with Gasteiger partial charge in [-0.25, -0.2) is 0 Å². The maximum atomic E-state index is 1.69. The fourth-order valence-corrected chi connectivity index (χ4v) is 12.5. The molecule has 4 heterocycles. The molecule has 1 spiro atoms. The summed E-state index contributed by atoms with van der Waals surface area (Å²) >= 11 is 0. The van der Waals surface area contributed by atoms with Crippen molar-refractivity contribution in [1.29, 1.82) is 0 Å². The van der Waals surface area contributed by atoms with Crippen LogP contribution in [0.5, 0.6) is 0 Å². The van der Waals surface area contributed by atoms with Gasteiger partial charge in [-0.1, -0.05) is 0 Å². The third-order valence-corrected chi connectivity index (χ3v) is 12.6. The van der Waals surface area contributed by atoms with Crippen molar-refractivity contribution in [1.82, 2.24) is 0 Å². The fourth-order valence-electron chi connectivity index (χ4n) is 4.75. The van der Waals surface area contributed by atoms with Crippen molar-refractivity contribution in [3.8, 4) is 0 Å². The second kappa shape index (κ2) is 0.925. The maximum absolute atomic E-state index is 1.69. The van der Waals surface area contributed by atoms with Gasteiger partial charge in [0.05, 0.1) is 0 Å². The van der Waals surface area contributed by atoms with E-state index in [0.717, 1.165) is 0 Å². The number of rotatable bonds is 0. The predicted molar refractivity (Wildman–Crippen MR) is 41.9 cm³/mol. The van der Waals surface area contributed by atoms with E-state index in [4.69, 9.17) is 0 Å². The zero-order valence-electron chi connectivity index (χ0n) is 5.64. The van der Waals surface area contributed by atoms with Gasteiger partial charge in [0.2, 0.25) is 0 Å². The molecule has 0 aromatic carbocycles. The average molecular weight is 140 g/mol. The molecule has 0 atom stereocenters. The normalized spacial score (nSPS) is 72.9. The van der Waals surface area contributed by atoms with E-state index in [1.807, 2.05) is 0 Å². The molecule has 0 unspecified atom stereocenters. The number of hydrogen-bond donors (Lipinski definition) is 0. The van der Waals surface area contributed by atoms with Gasteiger partial charge in [0, 0.05) is 0 Å². The van der Waals surface area contributed by atoms with Crippen LogP contribution in [0.15, 0.2) is 0 Å². The molecular weight excluding hydrogens is 127 g/mol. The Morgan fingerprint density at radius 2 is 1.00 bits per heavy atom. The van der Waals surface area contributed by atoms with Crippen molar-refractivity contribution in [3.05, 3.63) is 0 Å². The molecule has 9 heavy (non-hydrogen) atoms. The van der Waals surface area contributed by atoms with E-state index in [2.05, 4.69) is 0 Å². The predicted octanol–water partition coefficient (Wildman–Crippen LogP) is 1.83. The van der Waals surface area contributed by atoms with Gasteiger partial charge in [-0.05, 0) is 0 Å². The minimum atomic E-state index is -0.302. The van der Waals surface area contributed by atoms with E-state index < -0.39 is 0 Å². The van der Waals surface area contributed by atoms with Crippen LogP contribution in [0.25, 0.3) is 0 Å². The summed E-state index contributed by atoms with van der Waals surface area (Å²) in [5.74, 6) is 0. The second-order valence-corrected chi connectivity index (χ2v) is 10.00. The summed E-state index contributed by atoms with van der Waals surface area (Å²) in [6.45, 7) is 0. The zero-order chi connectivity index (χ0) is 5.64. The first-order valence-electron chi connectivity index (χ1n) is 4.42. The molecule has 1 heteroatoms. The van der Waals surface area contributed by atoms with E-state index in [9.17, 15) is 0 Å². The van der Waals surface area contributed by atoms with Crippen LogP contribution < -0.4 is 0 Å². The molecule has 0 amide bonds. The SMILES string of the molecule is C1C2CC3CC4CC1[PH]234. The molecule has 0 N–H and O–H groups in total. The summed E-state index contributed by atoms with van der Waals surface area (Å²) in [7, 11) is -0.302. The molecule has 0 aliphatic carbocycles. The van der Waals surface area contributed by atoms with Crippen molar-refractivity contribution < 1.29 is 0 Å². The Balaban J connectivity index is 1.88. The van der Waals surface area contributed by atoms with Crippen LogP contribution in [0.2, 0.25) is 0 Å². The quantitative estimate of drug-likeness (QED) is 0.450. The van der Waals surface area contributed by atoms with Gasteiger partial charge in [-0.2, -0.15) is 0 Å². The van der Waals surface area contributed by atoms with Crippen molar-refractivity contribution in [2.75, 3.05) is 0 Å². The van der Waals surface area contributed by atoms with Crippen LogP contribution in [-0.2, 0) is 0 Å². The third-order valence-electron chi connectivity index (χ3n) is 5.10. The third kappa shape index (κ3) is 0.213. The first-order valence-corrected chi connectivity index (χ1v) is 6.73. The molecule has 4 fully saturated rings. The Kier molecular flexibility index (Phi) is 0.446. The van der Waals surface area contributed by atoms with Crippen molar-refractivity contribution in [2.24, 2.45) is 0 Å². The van der Waals surface area contributed by atoms with Gasteiger partial charge in [0.25, 0.3) is 0 Å². The molecule has 4 aliphatic heterocycles. The fraction of sp³-hybridized carbons (Fsp3) is 1.00. The van der Waals surface area contributed by atoms with E-state index in [1.54, 1.807) is 25.7 Å². The van der Waals surface area contributed by atoms with E-state index in [-0.39, 0.29) is 7.26 Å². The Labute approximate surface area is 56.4 Å². The second-order valence-electron chi connectivity index (χ2n) is 4.73. The summed E-state index contributed by atoms with van der Waals surface area (Å²) in [4.78, 5) is 0. The summed E-state index contributed by atoms with van der Waals surface area (Å²) in [5, 5.41) is 0. The van der Waals surface area contributed by atoms with Crippen molar-refractivity contribution >= 4 is 7.26 Å². The van der Waals surface area contributed by atoms with Gasteiger partial charge in [0.15, 0.2) is 0 Å². The van der Waals surface area contributed by atoms with Crippen LogP contribution in [0.1, 0.15) is 25.7 Å². The standard InChI is InChI=1S/C8H13P/c1-5-2-7-4-8-3-6(1)9(5,7)8/h5-9H,1-4H2. The molecule has 4 rings (SSSR count). The van der Waals surface area contributed by atoms with Crippen molar-refractivity contribution in [3.63, 3.8) is 0 Å². The van der Waals surface area contributed by atoms with Gasteiger partial charge in [-0.15, -0.1) is 0 Å². The summed E-state index contributed by atoms with van der Waals surface area (Å²) in [6.07, 6.45) is 6.77. The zero-order valence-corrected chi connectivity index (χ0v) is 6.64. The topological polar surface area (TPSA) is 0 Å². The minimum absolute atomic E-state index is 0.302. The Bertz CT molecular complexity index is 145. The van der Waals surface area contributed by atoms with E-state index in [1.165, 1.54) is 22.6 Å². The summed E-state index contributed by atoms with van der Waals surface area (Å²) < 4.78 is 0. The Hall–Kier alpha value is 0.430. The average Bonchev–Trinajstić information content (AvgIpc) is 1.54. The first kappa shape index (κ1) is 4.34. The van der Waals surface area contributed by atoms with Gasteiger partial charge in [0.1, 0.15) is 0 Å².